The van der Waals surface area contributed by atoms with Crippen LogP contribution in [0.2, 0.25) is 0 Å². The minimum Gasteiger partial charge on any atom is -0.372 e. The summed E-state index contributed by atoms with van der Waals surface area (Å²) in [6, 6.07) is 20.8. The number of anilines is 1. The van der Waals surface area contributed by atoms with E-state index in [0.717, 1.165) is 24.5 Å². The molecule has 0 saturated carbocycles. The molecule has 1 aromatic heterocycles. The van der Waals surface area contributed by atoms with Gasteiger partial charge in [0.25, 0.3) is 0 Å². The molecule has 0 saturated heterocycles. The highest BCUT2D eigenvalue weighted by Crippen LogP contribution is 2.16. The lowest BCUT2D eigenvalue weighted by molar-refractivity contribution is 0.866. The topological polar surface area (TPSA) is 21.1 Å². The second kappa shape index (κ2) is 7.64. The van der Waals surface area contributed by atoms with Crippen LogP contribution >= 0.6 is 0 Å². The Kier molecular flexibility index (Phi) is 5.12. The number of para-hydroxylation sites is 1. The highest BCUT2D eigenvalue weighted by Gasteiger charge is 2.01. The molecule has 0 unspecified atom stereocenters. The molecule has 3 rings (SSSR count). The number of rotatable bonds is 6. The van der Waals surface area contributed by atoms with Crippen LogP contribution in [0, 0.1) is 0 Å². The summed E-state index contributed by atoms with van der Waals surface area (Å²) < 4.78 is 1.89. The zero-order chi connectivity index (χ0) is 16.8. The van der Waals surface area contributed by atoms with Gasteiger partial charge in [-0.1, -0.05) is 36.4 Å². The van der Waals surface area contributed by atoms with Gasteiger partial charge < -0.3 is 4.90 Å². The zero-order valence-corrected chi connectivity index (χ0v) is 14.3. The Hall–Kier alpha value is -2.81. The molecular formula is C21H23N3. The maximum Gasteiger partial charge on any atom is 0.0855 e. The highest BCUT2D eigenvalue weighted by atomic mass is 15.3. The molecule has 0 aliphatic heterocycles. The van der Waals surface area contributed by atoms with Gasteiger partial charge in [-0.3, -0.25) is 0 Å². The van der Waals surface area contributed by atoms with Crippen LogP contribution in [0.25, 0.3) is 17.8 Å². The van der Waals surface area contributed by atoms with Crippen molar-refractivity contribution < 1.29 is 0 Å². The second-order valence-electron chi connectivity index (χ2n) is 5.62. The molecule has 3 aromatic rings. The largest absolute Gasteiger partial charge is 0.372 e. The van der Waals surface area contributed by atoms with E-state index in [1.54, 1.807) is 0 Å². The van der Waals surface area contributed by atoms with Gasteiger partial charge in [-0.05, 0) is 55.8 Å². The molecule has 3 nitrogen and oxygen atoms in total. The summed E-state index contributed by atoms with van der Waals surface area (Å²) in [5.41, 5.74) is 4.47. The quantitative estimate of drug-likeness (QED) is 0.645. The Morgan fingerprint density at radius 3 is 2.25 bits per heavy atom. The summed E-state index contributed by atoms with van der Waals surface area (Å²) >= 11 is 0. The minimum absolute atomic E-state index is 0.951. The Bertz CT molecular complexity index is 781. The van der Waals surface area contributed by atoms with Crippen LogP contribution < -0.4 is 4.90 Å². The van der Waals surface area contributed by atoms with E-state index in [1.807, 2.05) is 53.4 Å². The summed E-state index contributed by atoms with van der Waals surface area (Å²) in [6.45, 7) is 6.42. The molecule has 0 aliphatic rings. The average Bonchev–Trinajstić information content (AvgIpc) is 3.12. The van der Waals surface area contributed by atoms with Gasteiger partial charge in [0.15, 0.2) is 0 Å². The van der Waals surface area contributed by atoms with E-state index in [-0.39, 0.29) is 0 Å². The number of aromatic nitrogens is 2. The molecule has 0 fully saturated rings. The third kappa shape index (κ3) is 3.74. The highest BCUT2D eigenvalue weighted by molar-refractivity contribution is 5.69. The first-order chi connectivity index (χ1) is 11.8. The lowest BCUT2D eigenvalue weighted by atomic mass is 10.1. The fraction of sp³-hybridized carbons (Fsp3) is 0.190. The zero-order valence-electron chi connectivity index (χ0n) is 14.3. The Morgan fingerprint density at radius 1 is 0.875 bits per heavy atom. The lowest BCUT2D eigenvalue weighted by Crippen LogP contribution is -2.21. The van der Waals surface area contributed by atoms with Crippen molar-refractivity contribution in [3.05, 3.63) is 78.1 Å². The van der Waals surface area contributed by atoms with Crippen molar-refractivity contribution in [1.82, 2.24) is 9.78 Å². The summed E-state index contributed by atoms with van der Waals surface area (Å²) in [7, 11) is 0. The first-order valence-corrected chi connectivity index (χ1v) is 8.44. The van der Waals surface area contributed by atoms with Gasteiger partial charge >= 0.3 is 0 Å². The molecular weight excluding hydrogens is 294 g/mol. The Morgan fingerprint density at radius 2 is 1.58 bits per heavy atom. The second-order valence-corrected chi connectivity index (χ2v) is 5.62. The lowest BCUT2D eigenvalue weighted by Gasteiger charge is -2.20. The number of nitrogens with zero attached hydrogens (tertiary/aromatic N) is 3. The van der Waals surface area contributed by atoms with E-state index in [2.05, 4.69) is 54.2 Å². The van der Waals surface area contributed by atoms with E-state index >= 15 is 0 Å². The third-order valence-corrected chi connectivity index (χ3v) is 4.10. The van der Waals surface area contributed by atoms with E-state index in [4.69, 9.17) is 0 Å². The van der Waals surface area contributed by atoms with Crippen molar-refractivity contribution in [3.8, 4) is 5.69 Å². The molecule has 24 heavy (non-hydrogen) atoms. The molecule has 2 aromatic carbocycles. The molecule has 0 atom stereocenters. The smallest absolute Gasteiger partial charge is 0.0855 e. The van der Waals surface area contributed by atoms with Crippen LogP contribution in [0.4, 0.5) is 5.69 Å². The van der Waals surface area contributed by atoms with Gasteiger partial charge in [-0.25, -0.2) is 4.68 Å². The summed E-state index contributed by atoms with van der Waals surface area (Å²) in [5.74, 6) is 0. The fourth-order valence-corrected chi connectivity index (χ4v) is 2.72. The number of hydrogen-bond acceptors (Lipinski definition) is 2. The Labute approximate surface area is 143 Å². The average molecular weight is 317 g/mol. The first kappa shape index (κ1) is 16.1. The summed E-state index contributed by atoms with van der Waals surface area (Å²) in [6.07, 6.45) is 6.13. The number of hydrogen-bond donors (Lipinski definition) is 0. The maximum atomic E-state index is 4.59. The van der Waals surface area contributed by atoms with E-state index in [9.17, 15) is 0 Å². The van der Waals surface area contributed by atoms with Crippen LogP contribution in [0.3, 0.4) is 0 Å². The van der Waals surface area contributed by atoms with Crippen LogP contribution in [0.15, 0.2) is 66.9 Å². The van der Waals surface area contributed by atoms with Crippen LogP contribution in [-0.2, 0) is 0 Å². The monoisotopic (exact) mass is 317 g/mol. The molecule has 3 heteroatoms. The van der Waals surface area contributed by atoms with E-state index < -0.39 is 0 Å². The molecule has 0 radical (unpaired) electrons. The molecule has 0 spiro atoms. The molecule has 0 aliphatic carbocycles. The van der Waals surface area contributed by atoms with Crippen LogP contribution in [-0.4, -0.2) is 22.9 Å². The van der Waals surface area contributed by atoms with Crippen molar-refractivity contribution in [2.24, 2.45) is 0 Å². The standard InChI is InChI=1S/C21H23N3/c1-3-23(4-2)20-14-11-18(12-15-20)10-13-19-16-17-24(22-19)21-8-6-5-7-9-21/h5-17H,3-4H2,1-2H3. The molecule has 0 bridgehead atoms. The van der Waals surface area contributed by atoms with Crippen LogP contribution in [0.5, 0.6) is 0 Å². The van der Waals surface area contributed by atoms with Gasteiger partial charge in [0.05, 0.1) is 11.4 Å². The van der Waals surface area contributed by atoms with Gasteiger partial charge in [-0.15, -0.1) is 0 Å². The van der Waals surface area contributed by atoms with Gasteiger partial charge in [-0.2, -0.15) is 5.10 Å². The van der Waals surface area contributed by atoms with Crippen molar-refractivity contribution in [2.45, 2.75) is 13.8 Å². The van der Waals surface area contributed by atoms with Gasteiger partial charge in [0, 0.05) is 25.0 Å². The minimum atomic E-state index is 0.951. The summed E-state index contributed by atoms with van der Waals surface area (Å²) in [5, 5.41) is 4.59. The fourth-order valence-electron chi connectivity index (χ4n) is 2.72. The normalized spacial score (nSPS) is 11.1. The predicted molar refractivity (Wildman–Crippen MR) is 102 cm³/mol. The SMILES string of the molecule is CCN(CC)c1ccc(C=Cc2ccn(-c3ccccc3)n2)cc1. The van der Waals surface area contributed by atoms with Crippen molar-refractivity contribution >= 4 is 17.8 Å². The van der Waals surface area contributed by atoms with E-state index in [0.29, 0.717) is 0 Å². The summed E-state index contributed by atoms with van der Waals surface area (Å²) in [4.78, 5) is 2.34. The van der Waals surface area contributed by atoms with Crippen molar-refractivity contribution in [2.75, 3.05) is 18.0 Å². The van der Waals surface area contributed by atoms with E-state index in [1.165, 1.54) is 11.3 Å². The molecule has 0 amide bonds. The van der Waals surface area contributed by atoms with Crippen molar-refractivity contribution in [3.63, 3.8) is 0 Å². The van der Waals surface area contributed by atoms with Crippen LogP contribution in [0.1, 0.15) is 25.1 Å². The number of benzene rings is 2. The molecule has 0 N–H and O–H groups in total. The maximum absolute atomic E-state index is 4.59. The predicted octanol–water partition coefficient (Wildman–Crippen LogP) is 4.89. The van der Waals surface area contributed by atoms with Crippen molar-refractivity contribution in [1.29, 1.82) is 0 Å². The third-order valence-electron chi connectivity index (χ3n) is 4.10. The molecule has 122 valence electrons. The van der Waals surface area contributed by atoms with Gasteiger partial charge in [0.2, 0.25) is 0 Å². The first-order valence-electron chi connectivity index (χ1n) is 8.44. The molecule has 1 heterocycles. The van der Waals surface area contributed by atoms with Gasteiger partial charge in [0.1, 0.15) is 0 Å². The Balaban J connectivity index is 1.71.